The summed E-state index contributed by atoms with van der Waals surface area (Å²) in [5.74, 6) is 1.72. The van der Waals surface area contributed by atoms with Gasteiger partial charge in [-0.05, 0) is 49.8 Å². The van der Waals surface area contributed by atoms with Crippen LogP contribution in [0.15, 0.2) is 48.5 Å². The molecule has 0 spiro atoms. The lowest BCUT2D eigenvalue weighted by Crippen LogP contribution is -2.51. The Hall–Kier alpha value is -2.61. The number of rotatable bonds is 8. The number of hydrogen-bond acceptors (Lipinski definition) is 6. The van der Waals surface area contributed by atoms with Crippen LogP contribution in [0.25, 0.3) is 0 Å². The second-order valence-electron chi connectivity index (χ2n) is 10.3. The zero-order valence-electron chi connectivity index (χ0n) is 21.6. The van der Waals surface area contributed by atoms with E-state index in [0.29, 0.717) is 12.1 Å². The second-order valence-corrected chi connectivity index (χ2v) is 10.3. The van der Waals surface area contributed by atoms with Crippen molar-refractivity contribution < 1.29 is 23.9 Å². The molecule has 2 aliphatic heterocycles. The minimum absolute atomic E-state index is 0.0243. The number of likely N-dealkylation sites (tertiary alicyclic amines) is 1. The first-order chi connectivity index (χ1) is 17.6. The second kappa shape index (κ2) is 13.1. The van der Waals surface area contributed by atoms with Gasteiger partial charge in [0.1, 0.15) is 0 Å². The van der Waals surface area contributed by atoms with Crippen LogP contribution >= 0.6 is 0 Å². The number of nitrogens with zero attached hydrogens (tertiary/aromatic N) is 2. The van der Waals surface area contributed by atoms with Crippen LogP contribution in [0.2, 0.25) is 0 Å². The number of ether oxygens (including phenoxy) is 2. The molecule has 2 saturated heterocycles. The summed E-state index contributed by atoms with van der Waals surface area (Å²) in [6, 6.07) is 17.6. The van der Waals surface area contributed by atoms with E-state index in [1.807, 2.05) is 6.07 Å². The molecule has 2 aromatic rings. The topological polar surface area (TPSA) is 71.0 Å². The van der Waals surface area contributed by atoms with E-state index in [2.05, 4.69) is 52.7 Å². The zero-order chi connectivity index (χ0) is 25.2. The third kappa shape index (κ3) is 6.99. The number of aliphatic hydroxyl groups is 1. The van der Waals surface area contributed by atoms with E-state index in [-0.39, 0.29) is 11.2 Å². The molecule has 7 heteroatoms. The summed E-state index contributed by atoms with van der Waals surface area (Å²) in [7, 11) is 1.72. The maximum Gasteiger partial charge on any atom is 0.303 e. The van der Waals surface area contributed by atoms with E-state index in [1.165, 1.54) is 24.1 Å². The van der Waals surface area contributed by atoms with E-state index in [0.717, 1.165) is 82.7 Å². The number of benzene rings is 2. The average Bonchev–Trinajstić information content (AvgIpc) is 3.63. The van der Waals surface area contributed by atoms with Gasteiger partial charge in [-0.15, -0.1) is 0 Å². The Morgan fingerprint density at radius 3 is 2.44 bits per heavy atom. The quantitative estimate of drug-likeness (QED) is 0.429. The van der Waals surface area contributed by atoms with Crippen LogP contribution < -0.4 is 19.7 Å². The Morgan fingerprint density at radius 1 is 1.06 bits per heavy atom. The highest BCUT2D eigenvalue weighted by atomic mass is 16.5. The molecule has 36 heavy (non-hydrogen) atoms. The first-order valence-electron chi connectivity index (χ1n) is 13.4. The number of amides is 1. The molecule has 0 radical (unpaired) electrons. The predicted octanol–water partition coefficient (Wildman–Crippen LogP) is 3.74. The Labute approximate surface area is 215 Å². The van der Waals surface area contributed by atoms with Crippen LogP contribution in [0, 0.1) is 0 Å². The third-order valence-corrected chi connectivity index (χ3v) is 7.65. The number of methoxy groups -OCH3 is 1. The lowest BCUT2D eigenvalue weighted by Gasteiger charge is -2.35. The first-order valence-corrected chi connectivity index (χ1v) is 13.4. The summed E-state index contributed by atoms with van der Waals surface area (Å²) in [5.41, 5.74) is 2.61. The normalized spacial score (nSPS) is 21.5. The first kappa shape index (κ1) is 26.5. The summed E-state index contributed by atoms with van der Waals surface area (Å²) in [4.78, 5) is 12.8. The Bertz CT molecular complexity index is 943. The molecule has 1 aliphatic carbocycles. The van der Waals surface area contributed by atoms with Gasteiger partial charge in [-0.3, -0.25) is 0 Å². The number of hydrogen-bond donors (Lipinski definition) is 2. The van der Waals surface area contributed by atoms with E-state index < -0.39 is 0 Å². The van der Waals surface area contributed by atoms with Crippen molar-refractivity contribution in [2.24, 2.45) is 0 Å². The highest BCUT2D eigenvalue weighted by molar-refractivity contribution is 5.57. The molecule has 2 aromatic carbocycles. The largest absolute Gasteiger partial charge is 0.493 e. The van der Waals surface area contributed by atoms with Gasteiger partial charge in [0, 0.05) is 50.3 Å². The molecule has 1 atom stereocenters. The van der Waals surface area contributed by atoms with Gasteiger partial charge in [0.25, 0.3) is 0 Å². The minimum Gasteiger partial charge on any atom is -0.493 e. The van der Waals surface area contributed by atoms with Crippen molar-refractivity contribution >= 4 is 12.1 Å². The fourth-order valence-corrected chi connectivity index (χ4v) is 5.48. The lowest BCUT2D eigenvalue weighted by molar-refractivity contribution is -0.853. The smallest absolute Gasteiger partial charge is 0.303 e. The molecule has 0 aromatic heterocycles. The van der Waals surface area contributed by atoms with Gasteiger partial charge < -0.3 is 24.8 Å². The van der Waals surface area contributed by atoms with Gasteiger partial charge in [-0.25, -0.2) is 9.28 Å². The summed E-state index contributed by atoms with van der Waals surface area (Å²) in [5, 5.41) is 12.4. The lowest BCUT2D eigenvalue weighted by atomic mass is 10.0. The molecule has 196 valence electrons. The number of carbonyl (C=O) groups is 1. The zero-order valence-corrected chi connectivity index (χ0v) is 21.6. The molecule has 3 aliphatic rings. The minimum atomic E-state index is -0.0243. The monoisotopic (exact) mass is 496 g/mol. The van der Waals surface area contributed by atoms with Gasteiger partial charge in [0.15, 0.2) is 18.2 Å². The molecular weight excluding hydrogens is 454 g/mol. The average molecular weight is 497 g/mol. The van der Waals surface area contributed by atoms with E-state index in [4.69, 9.17) is 14.6 Å². The van der Waals surface area contributed by atoms with Crippen molar-refractivity contribution in [3.8, 4) is 11.5 Å². The maximum atomic E-state index is 10.4. The molecule has 2 heterocycles. The molecule has 5 rings (SSSR count). The highest BCUT2D eigenvalue weighted by Gasteiger charge is 2.30. The fourth-order valence-electron chi connectivity index (χ4n) is 5.48. The predicted molar refractivity (Wildman–Crippen MR) is 142 cm³/mol. The number of piperazine rings is 1. The van der Waals surface area contributed by atoms with Crippen molar-refractivity contribution in [1.82, 2.24) is 5.32 Å². The molecule has 0 unspecified atom stereocenters. The number of quaternary nitrogens is 1. The molecule has 7 nitrogen and oxygen atoms in total. The van der Waals surface area contributed by atoms with Crippen molar-refractivity contribution in [1.29, 1.82) is 0 Å². The van der Waals surface area contributed by atoms with Gasteiger partial charge in [0.2, 0.25) is 0 Å². The highest BCUT2D eigenvalue weighted by Crippen LogP contribution is 2.35. The van der Waals surface area contributed by atoms with Crippen molar-refractivity contribution in [3.63, 3.8) is 0 Å². The van der Waals surface area contributed by atoms with Gasteiger partial charge in [-0.1, -0.05) is 30.3 Å². The Kier molecular flexibility index (Phi) is 9.61. The molecule has 2 N–H and O–H groups in total. The van der Waals surface area contributed by atoms with Gasteiger partial charge in [-0.2, -0.15) is 0 Å². The SMILES string of the molecule is COc1ccc(N2CCN[C@@H](Cc3ccccc3)C2)cc1OC1CCCC1.O=C[N+]1(CO)CCCC1. The standard InChI is InChI=1S/C23H30N2O2.C6H12NO2/c1-26-22-12-11-20(16-23(22)27-21-9-5-6-10-21)25-14-13-24-19(17-25)15-18-7-3-2-4-8-18;8-5-7(6-9)3-1-2-4-7/h2-4,7-8,11-12,16,19,21,24H,5-6,9-10,13-15,17H2,1H3;5,9H,1-4,6H2/q;+1/t19-;/m0./s1. The number of nitrogens with one attached hydrogen (secondary N) is 1. The van der Waals surface area contributed by atoms with Crippen molar-refractivity contribution in [2.45, 2.75) is 57.1 Å². The molecule has 3 fully saturated rings. The summed E-state index contributed by atoms with van der Waals surface area (Å²) in [6.07, 6.45) is 9.23. The number of aliphatic hydroxyl groups excluding tert-OH is 1. The van der Waals surface area contributed by atoms with Gasteiger partial charge in [0.05, 0.1) is 26.3 Å². The maximum absolute atomic E-state index is 10.4. The van der Waals surface area contributed by atoms with Crippen LogP contribution in [0.3, 0.4) is 0 Å². The van der Waals surface area contributed by atoms with E-state index in [9.17, 15) is 4.79 Å². The fraction of sp³-hybridized carbons (Fsp3) is 0.552. The Balaban J connectivity index is 0.000000286. The van der Waals surface area contributed by atoms with Gasteiger partial charge >= 0.3 is 6.41 Å². The van der Waals surface area contributed by atoms with Crippen LogP contribution in [-0.2, 0) is 11.2 Å². The van der Waals surface area contributed by atoms with Crippen molar-refractivity contribution in [3.05, 3.63) is 54.1 Å². The summed E-state index contributed by atoms with van der Waals surface area (Å²) < 4.78 is 12.1. The number of anilines is 1. The third-order valence-electron chi connectivity index (χ3n) is 7.65. The molecule has 1 amide bonds. The molecule has 1 saturated carbocycles. The molecule has 0 bridgehead atoms. The van der Waals surface area contributed by atoms with Crippen LogP contribution in [0.4, 0.5) is 5.69 Å². The Morgan fingerprint density at radius 2 is 1.81 bits per heavy atom. The summed E-state index contributed by atoms with van der Waals surface area (Å²) in [6.45, 7) is 4.64. The number of carbonyl (C=O) groups excluding carboxylic acids is 1. The van der Waals surface area contributed by atoms with E-state index in [1.54, 1.807) is 7.11 Å². The van der Waals surface area contributed by atoms with Crippen LogP contribution in [-0.4, -0.2) is 74.7 Å². The summed E-state index contributed by atoms with van der Waals surface area (Å²) >= 11 is 0. The van der Waals surface area contributed by atoms with Crippen LogP contribution in [0.1, 0.15) is 44.1 Å². The molecular formula is C29H42N3O4+. The van der Waals surface area contributed by atoms with Crippen LogP contribution in [0.5, 0.6) is 11.5 Å². The van der Waals surface area contributed by atoms with Crippen molar-refractivity contribution in [2.75, 3.05) is 51.5 Å². The van der Waals surface area contributed by atoms with E-state index >= 15 is 0 Å².